The van der Waals surface area contributed by atoms with E-state index in [1.165, 1.54) is 0 Å². The molecule has 3 heterocycles. The number of amidine groups is 2. The van der Waals surface area contributed by atoms with E-state index in [1.807, 2.05) is 29.2 Å². The van der Waals surface area contributed by atoms with Crippen LogP contribution in [0.25, 0.3) is 0 Å². The zero-order valence-corrected chi connectivity index (χ0v) is 9.35. The van der Waals surface area contributed by atoms with Crippen LogP contribution in [-0.4, -0.2) is 41.4 Å². The highest BCUT2D eigenvalue weighted by molar-refractivity contribution is 6.65. The van der Waals surface area contributed by atoms with Crippen LogP contribution in [0.4, 0.5) is 11.4 Å². The third-order valence-electron chi connectivity index (χ3n) is 2.89. The van der Waals surface area contributed by atoms with Gasteiger partial charge >= 0.3 is 0 Å². The zero-order valence-electron chi connectivity index (χ0n) is 9.35. The summed E-state index contributed by atoms with van der Waals surface area (Å²) < 4.78 is 0. The molecule has 0 spiro atoms. The molecule has 0 saturated heterocycles. The van der Waals surface area contributed by atoms with Crippen LogP contribution in [0.15, 0.2) is 49.4 Å². The molecule has 3 aliphatic rings. The lowest BCUT2D eigenvalue weighted by Gasteiger charge is -2.20. The summed E-state index contributed by atoms with van der Waals surface area (Å²) in [5, 5.41) is 8.22. The Hall–Kier alpha value is -2.63. The van der Waals surface area contributed by atoms with E-state index in [0.29, 0.717) is 12.4 Å². The molecule has 1 aromatic rings. The van der Waals surface area contributed by atoms with Crippen LogP contribution in [0.3, 0.4) is 0 Å². The van der Waals surface area contributed by atoms with Crippen molar-refractivity contribution in [2.24, 2.45) is 25.2 Å². The maximum atomic E-state index is 4.63. The van der Waals surface area contributed by atoms with Gasteiger partial charge in [0.25, 0.3) is 0 Å². The predicted octanol–water partition coefficient (Wildman–Crippen LogP) is 1.54. The molecule has 6 heteroatoms. The van der Waals surface area contributed by atoms with E-state index < -0.39 is 0 Å². The van der Waals surface area contributed by atoms with Gasteiger partial charge in [-0.25, -0.2) is 4.99 Å². The second kappa shape index (κ2) is 3.43. The average molecular weight is 236 g/mol. The Labute approximate surface area is 103 Å². The quantitative estimate of drug-likeness (QED) is 0.673. The largest absolute Gasteiger partial charge is 0.286 e. The number of para-hydroxylation sites is 2. The van der Waals surface area contributed by atoms with E-state index >= 15 is 0 Å². The Bertz CT molecular complexity index is 680. The van der Waals surface area contributed by atoms with E-state index in [1.54, 1.807) is 12.4 Å². The van der Waals surface area contributed by atoms with Gasteiger partial charge in [-0.05, 0) is 12.1 Å². The van der Waals surface area contributed by atoms with Crippen molar-refractivity contribution in [1.82, 2.24) is 4.90 Å². The van der Waals surface area contributed by atoms with Crippen LogP contribution >= 0.6 is 0 Å². The van der Waals surface area contributed by atoms with Crippen molar-refractivity contribution in [3.8, 4) is 0 Å². The minimum Gasteiger partial charge on any atom is -0.286 e. The van der Waals surface area contributed by atoms with Crippen LogP contribution in [0.1, 0.15) is 0 Å². The van der Waals surface area contributed by atoms with Crippen molar-refractivity contribution < 1.29 is 0 Å². The molecule has 0 aliphatic carbocycles. The van der Waals surface area contributed by atoms with Gasteiger partial charge in [0.2, 0.25) is 0 Å². The molecule has 0 saturated carbocycles. The second-order valence-corrected chi connectivity index (χ2v) is 4.01. The van der Waals surface area contributed by atoms with Crippen LogP contribution in [-0.2, 0) is 0 Å². The highest BCUT2D eigenvalue weighted by Gasteiger charge is 2.28. The molecule has 0 N–H and O–H groups in total. The van der Waals surface area contributed by atoms with Gasteiger partial charge in [-0.1, -0.05) is 12.1 Å². The molecule has 86 valence electrons. The molecule has 1 aromatic carbocycles. The van der Waals surface area contributed by atoms with Crippen molar-refractivity contribution in [3.63, 3.8) is 0 Å². The first kappa shape index (κ1) is 9.41. The van der Waals surface area contributed by atoms with Crippen molar-refractivity contribution in [3.05, 3.63) is 24.3 Å². The Balaban J connectivity index is 1.92. The van der Waals surface area contributed by atoms with Gasteiger partial charge in [0.1, 0.15) is 12.4 Å². The van der Waals surface area contributed by atoms with Crippen LogP contribution in [0.2, 0.25) is 0 Å². The normalized spacial score (nSPS) is 19.3. The summed E-state index contributed by atoms with van der Waals surface area (Å²) in [6.07, 6.45) is 3.40. The Morgan fingerprint density at radius 1 is 1.00 bits per heavy atom. The Kier molecular flexibility index (Phi) is 1.79. The minimum atomic E-state index is 0.534. The van der Waals surface area contributed by atoms with Crippen molar-refractivity contribution in [2.45, 2.75) is 0 Å². The highest BCUT2D eigenvalue weighted by Crippen LogP contribution is 2.29. The maximum absolute atomic E-state index is 4.63. The van der Waals surface area contributed by atoms with Gasteiger partial charge in [0.05, 0.1) is 23.8 Å². The highest BCUT2D eigenvalue weighted by atomic mass is 15.4. The molecular weight excluding hydrogens is 228 g/mol. The molecule has 3 aliphatic heterocycles. The van der Waals surface area contributed by atoms with E-state index in [4.69, 9.17) is 0 Å². The molecule has 0 amide bonds. The number of aliphatic imine (C=N–C) groups is 3. The first-order chi connectivity index (χ1) is 8.92. The van der Waals surface area contributed by atoms with Gasteiger partial charge in [-0.15, -0.1) is 10.2 Å². The van der Waals surface area contributed by atoms with E-state index in [2.05, 4.69) is 25.2 Å². The summed E-state index contributed by atoms with van der Waals surface area (Å²) in [6.45, 7) is 0.534. The summed E-state index contributed by atoms with van der Waals surface area (Å²) in [7, 11) is 0. The molecule has 18 heavy (non-hydrogen) atoms. The summed E-state index contributed by atoms with van der Waals surface area (Å²) >= 11 is 0. The van der Waals surface area contributed by atoms with Crippen LogP contribution in [0, 0.1) is 0 Å². The molecule has 0 fully saturated rings. The first-order valence-electron chi connectivity index (χ1n) is 5.57. The molecule has 0 aromatic heterocycles. The van der Waals surface area contributed by atoms with Crippen molar-refractivity contribution in [1.29, 1.82) is 0 Å². The lowest BCUT2D eigenvalue weighted by molar-refractivity contribution is 0.656. The SMILES string of the molecule is C1=NCN2C1=NN=C1C=Nc3ccccc3N=C12. The number of hydrogen-bond donors (Lipinski definition) is 0. The van der Waals surface area contributed by atoms with E-state index in [9.17, 15) is 0 Å². The molecule has 0 radical (unpaired) electrons. The van der Waals surface area contributed by atoms with Gasteiger partial charge in [0, 0.05) is 0 Å². The monoisotopic (exact) mass is 236 g/mol. The number of fused-ring (bicyclic) bond motifs is 4. The van der Waals surface area contributed by atoms with E-state index in [-0.39, 0.29) is 0 Å². The van der Waals surface area contributed by atoms with Gasteiger partial charge in [0.15, 0.2) is 11.7 Å². The van der Waals surface area contributed by atoms with Crippen molar-refractivity contribution in [2.75, 3.05) is 6.67 Å². The number of hydrogen-bond acceptors (Lipinski definition) is 6. The zero-order chi connectivity index (χ0) is 11.9. The summed E-state index contributed by atoms with van der Waals surface area (Å²) in [4.78, 5) is 15.1. The fraction of sp³-hybridized carbons (Fsp3) is 0.0833. The standard InChI is InChI=1S/C12H8N6/c1-2-4-9-8(3-1)14-5-10-12(15-9)18-7-13-6-11(18)17-16-10/h1-6H,7H2. The first-order valence-corrected chi connectivity index (χ1v) is 5.57. The summed E-state index contributed by atoms with van der Waals surface area (Å²) in [6, 6.07) is 7.74. The fourth-order valence-corrected chi connectivity index (χ4v) is 2.00. The lowest BCUT2D eigenvalue weighted by Crippen LogP contribution is -2.41. The lowest BCUT2D eigenvalue weighted by atomic mass is 10.3. The molecule has 0 unspecified atom stereocenters. The molecular formula is C12H8N6. The maximum Gasteiger partial charge on any atom is 0.176 e. The average Bonchev–Trinajstić information content (AvgIpc) is 2.80. The van der Waals surface area contributed by atoms with Gasteiger partial charge in [-0.3, -0.25) is 14.9 Å². The third-order valence-corrected chi connectivity index (χ3v) is 2.89. The fourth-order valence-electron chi connectivity index (χ4n) is 2.00. The Morgan fingerprint density at radius 2 is 1.89 bits per heavy atom. The number of rotatable bonds is 0. The smallest absolute Gasteiger partial charge is 0.176 e. The third kappa shape index (κ3) is 1.26. The van der Waals surface area contributed by atoms with Crippen LogP contribution < -0.4 is 0 Å². The predicted molar refractivity (Wildman–Crippen MR) is 71.8 cm³/mol. The van der Waals surface area contributed by atoms with E-state index in [0.717, 1.165) is 23.0 Å². The summed E-state index contributed by atoms with van der Waals surface area (Å²) in [5.74, 6) is 1.48. The van der Waals surface area contributed by atoms with Crippen LogP contribution in [0.5, 0.6) is 0 Å². The number of nitrogens with zero attached hydrogens (tertiary/aromatic N) is 6. The van der Waals surface area contributed by atoms with Gasteiger partial charge < -0.3 is 0 Å². The topological polar surface area (TPSA) is 65.0 Å². The molecule has 6 nitrogen and oxygen atoms in total. The second-order valence-electron chi connectivity index (χ2n) is 4.01. The molecule has 0 atom stereocenters. The van der Waals surface area contributed by atoms with Crippen molar-refractivity contribution >= 4 is 41.2 Å². The summed E-state index contributed by atoms with van der Waals surface area (Å²) in [5.41, 5.74) is 2.34. The number of benzene rings is 1. The minimum absolute atomic E-state index is 0.534. The van der Waals surface area contributed by atoms with Gasteiger partial charge in [-0.2, -0.15) is 0 Å². The molecule has 0 bridgehead atoms. The Morgan fingerprint density at radius 3 is 2.83 bits per heavy atom. The molecule has 4 rings (SSSR count).